The Balaban J connectivity index is 1.77. The van der Waals surface area contributed by atoms with Gasteiger partial charge in [0, 0.05) is 18.9 Å². The highest BCUT2D eigenvalue weighted by Crippen LogP contribution is 2.30. The van der Waals surface area contributed by atoms with Crippen molar-refractivity contribution in [2.24, 2.45) is 11.8 Å². The van der Waals surface area contributed by atoms with Gasteiger partial charge in [-0.05, 0) is 44.2 Å². The molecule has 11 heteroatoms. The zero-order valence-electron chi connectivity index (χ0n) is 25.2. The maximum absolute atomic E-state index is 13.4. The van der Waals surface area contributed by atoms with Crippen LogP contribution >= 0.6 is 0 Å². The van der Waals surface area contributed by atoms with Gasteiger partial charge >= 0.3 is 11.9 Å². The third-order valence-electron chi connectivity index (χ3n) is 6.53. The third kappa shape index (κ3) is 9.34. The maximum atomic E-state index is 13.4. The van der Waals surface area contributed by atoms with E-state index >= 15 is 0 Å². The summed E-state index contributed by atoms with van der Waals surface area (Å²) in [5, 5.41) is 2.74. The molecule has 11 nitrogen and oxygen atoms in total. The van der Waals surface area contributed by atoms with Crippen LogP contribution in [0.15, 0.2) is 42.6 Å². The van der Waals surface area contributed by atoms with Crippen molar-refractivity contribution in [3.05, 3.63) is 48.3 Å². The van der Waals surface area contributed by atoms with Crippen molar-refractivity contribution < 1.29 is 42.8 Å². The Morgan fingerprint density at radius 1 is 1.10 bits per heavy atom. The summed E-state index contributed by atoms with van der Waals surface area (Å²) in [6.45, 7) is 9.27. The Bertz CT molecular complexity index is 1170. The van der Waals surface area contributed by atoms with Gasteiger partial charge in [0.15, 0.2) is 17.2 Å². The first-order valence-corrected chi connectivity index (χ1v) is 14.3. The van der Waals surface area contributed by atoms with Crippen LogP contribution in [0.25, 0.3) is 0 Å². The number of aromatic nitrogens is 1. The maximum Gasteiger partial charge on any atom is 0.329 e. The fourth-order valence-electron chi connectivity index (χ4n) is 4.35. The van der Waals surface area contributed by atoms with Crippen LogP contribution in [-0.2, 0) is 23.8 Å². The fourth-order valence-corrected chi connectivity index (χ4v) is 4.35. The van der Waals surface area contributed by atoms with E-state index in [1.165, 1.54) is 19.4 Å². The number of hydrogen-bond acceptors (Lipinski definition) is 10. The first-order chi connectivity index (χ1) is 20.1. The number of para-hydroxylation sites is 1. The standard InChI is InChI=1S/C31H42N2O9/c1-19(2)17-38-27-21(5)41-31(36)23(13-10-14-25(27)42-22-11-8-7-9-12-22)33-29(34)26-28(24(37-6)15-16-32-26)39-18-40-30(35)20(3)4/h7-9,11-12,15-16,19-21,23,25,27H,10,13-14,17-18H2,1-6H3,(H,33,34). The van der Waals surface area contributed by atoms with Gasteiger partial charge in [-0.3, -0.25) is 9.59 Å². The number of nitrogens with zero attached hydrogens (tertiary/aromatic N) is 1. The first-order valence-electron chi connectivity index (χ1n) is 14.3. The number of ether oxygens (including phenoxy) is 6. The summed E-state index contributed by atoms with van der Waals surface area (Å²) >= 11 is 0. The largest absolute Gasteiger partial charge is 0.493 e. The molecule has 42 heavy (non-hydrogen) atoms. The molecular weight excluding hydrogens is 544 g/mol. The van der Waals surface area contributed by atoms with E-state index in [2.05, 4.69) is 10.3 Å². The van der Waals surface area contributed by atoms with Gasteiger partial charge in [0.2, 0.25) is 6.79 Å². The van der Waals surface area contributed by atoms with Gasteiger partial charge in [-0.15, -0.1) is 0 Å². The second-order valence-corrected chi connectivity index (χ2v) is 10.8. The molecule has 2 heterocycles. The fraction of sp³-hybridized carbons (Fsp3) is 0.548. The molecule has 0 aliphatic carbocycles. The number of rotatable bonds is 12. The molecule has 1 aromatic carbocycles. The van der Waals surface area contributed by atoms with E-state index in [4.69, 9.17) is 28.4 Å². The van der Waals surface area contributed by atoms with Gasteiger partial charge in [0.05, 0.1) is 13.0 Å². The number of esters is 2. The van der Waals surface area contributed by atoms with Crippen molar-refractivity contribution in [1.29, 1.82) is 0 Å². The molecule has 1 aliphatic rings. The summed E-state index contributed by atoms with van der Waals surface area (Å²) in [4.78, 5) is 42.7. The number of hydrogen-bond donors (Lipinski definition) is 1. The molecule has 4 unspecified atom stereocenters. The van der Waals surface area contributed by atoms with Crippen LogP contribution in [0, 0.1) is 11.8 Å². The smallest absolute Gasteiger partial charge is 0.329 e. The molecule has 1 aliphatic heterocycles. The van der Waals surface area contributed by atoms with E-state index in [0.717, 1.165) is 0 Å². The van der Waals surface area contributed by atoms with Crippen LogP contribution in [0.5, 0.6) is 17.2 Å². The predicted octanol–water partition coefficient (Wildman–Crippen LogP) is 4.33. The highest BCUT2D eigenvalue weighted by atomic mass is 16.7. The monoisotopic (exact) mass is 586 g/mol. The quantitative estimate of drug-likeness (QED) is 0.283. The molecule has 0 bridgehead atoms. The summed E-state index contributed by atoms with van der Waals surface area (Å²) in [5.74, 6) is -0.911. The predicted molar refractivity (Wildman–Crippen MR) is 153 cm³/mol. The summed E-state index contributed by atoms with van der Waals surface area (Å²) in [7, 11) is 1.41. The molecule has 230 valence electrons. The van der Waals surface area contributed by atoms with Crippen LogP contribution < -0.4 is 19.5 Å². The minimum Gasteiger partial charge on any atom is -0.493 e. The Labute approximate surface area is 247 Å². The molecule has 0 spiro atoms. The topological polar surface area (TPSA) is 132 Å². The van der Waals surface area contributed by atoms with Gasteiger partial charge < -0.3 is 33.7 Å². The zero-order chi connectivity index (χ0) is 30.6. The molecule has 1 aromatic heterocycles. The SMILES string of the molecule is COc1ccnc(C(=O)NC2CCCC(Oc3ccccc3)C(OCC(C)C)C(C)OC2=O)c1OCOC(=O)C(C)C. The number of carbonyl (C=O) groups excluding carboxylic acids is 3. The summed E-state index contributed by atoms with van der Waals surface area (Å²) in [6.07, 6.45) is 1.26. The highest BCUT2D eigenvalue weighted by Gasteiger charge is 2.37. The third-order valence-corrected chi connectivity index (χ3v) is 6.53. The van der Waals surface area contributed by atoms with Crippen LogP contribution in [0.2, 0.25) is 0 Å². The van der Waals surface area contributed by atoms with E-state index in [0.29, 0.717) is 31.6 Å². The van der Waals surface area contributed by atoms with Crippen molar-refractivity contribution >= 4 is 17.8 Å². The zero-order valence-corrected chi connectivity index (χ0v) is 25.2. The van der Waals surface area contributed by atoms with Gasteiger partial charge in [0.25, 0.3) is 5.91 Å². The van der Waals surface area contributed by atoms with Crippen LogP contribution in [0.3, 0.4) is 0 Å². The molecule has 2 aromatic rings. The summed E-state index contributed by atoms with van der Waals surface area (Å²) < 4.78 is 34.4. The average Bonchev–Trinajstić information content (AvgIpc) is 3.00. The number of methoxy groups -OCH3 is 1. The Hall–Kier alpha value is -3.86. The van der Waals surface area contributed by atoms with Crippen molar-refractivity contribution in [3.8, 4) is 17.2 Å². The normalized spacial score (nSPS) is 21.0. The average molecular weight is 587 g/mol. The van der Waals surface area contributed by atoms with Crippen LogP contribution in [-0.4, -0.2) is 67.7 Å². The molecule has 4 atom stereocenters. The lowest BCUT2D eigenvalue weighted by Crippen LogP contribution is -2.46. The molecule has 0 saturated carbocycles. The number of nitrogens with one attached hydrogen (secondary N) is 1. The minimum absolute atomic E-state index is 0.0164. The Morgan fingerprint density at radius 2 is 1.83 bits per heavy atom. The highest BCUT2D eigenvalue weighted by molar-refractivity contribution is 5.98. The molecule has 1 fully saturated rings. The van der Waals surface area contributed by atoms with E-state index < -0.39 is 42.9 Å². The van der Waals surface area contributed by atoms with Crippen molar-refractivity contribution in [2.75, 3.05) is 20.5 Å². The van der Waals surface area contributed by atoms with Gasteiger partial charge in [0.1, 0.15) is 30.1 Å². The molecule has 3 rings (SSSR count). The van der Waals surface area contributed by atoms with Crippen molar-refractivity contribution in [3.63, 3.8) is 0 Å². The molecular formula is C31H42N2O9. The minimum atomic E-state index is -0.958. The summed E-state index contributed by atoms with van der Waals surface area (Å²) in [6, 6.07) is 9.99. The second-order valence-electron chi connectivity index (χ2n) is 10.8. The van der Waals surface area contributed by atoms with Gasteiger partial charge in [-0.2, -0.15) is 0 Å². The molecule has 1 N–H and O–H groups in total. The van der Waals surface area contributed by atoms with Crippen LogP contribution in [0.4, 0.5) is 0 Å². The van der Waals surface area contributed by atoms with Crippen LogP contribution in [0.1, 0.15) is 64.4 Å². The number of pyridine rings is 1. The number of benzene rings is 1. The number of amides is 1. The Morgan fingerprint density at radius 3 is 2.50 bits per heavy atom. The number of cyclic esters (lactones) is 1. The van der Waals surface area contributed by atoms with E-state index in [1.54, 1.807) is 20.8 Å². The molecule has 1 saturated heterocycles. The van der Waals surface area contributed by atoms with E-state index in [9.17, 15) is 14.4 Å². The van der Waals surface area contributed by atoms with Gasteiger partial charge in [-0.25, -0.2) is 9.78 Å². The van der Waals surface area contributed by atoms with E-state index in [-0.39, 0.29) is 35.1 Å². The summed E-state index contributed by atoms with van der Waals surface area (Å²) in [5.41, 5.74) is -0.126. The van der Waals surface area contributed by atoms with Crippen molar-refractivity contribution in [2.45, 2.75) is 78.2 Å². The lowest BCUT2D eigenvalue weighted by Gasteiger charge is -2.32. The van der Waals surface area contributed by atoms with E-state index in [1.807, 2.05) is 44.2 Å². The molecule has 0 radical (unpaired) electrons. The van der Waals surface area contributed by atoms with Gasteiger partial charge in [-0.1, -0.05) is 45.9 Å². The second kappa shape index (κ2) is 16.0. The number of carbonyl (C=O) groups is 3. The van der Waals surface area contributed by atoms with Crippen molar-refractivity contribution in [1.82, 2.24) is 10.3 Å². The lowest BCUT2D eigenvalue weighted by molar-refractivity contribution is -0.163. The lowest BCUT2D eigenvalue weighted by atomic mass is 10.0. The first kappa shape index (κ1) is 32.7. The molecule has 1 amide bonds. The Kier molecular flexibility index (Phi) is 12.4.